The molecule has 154 valence electrons. The van der Waals surface area contributed by atoms with E-state index >= 15 is 0 Å². The summed E-state index contributed by atoms with van der Waals surface area (Å²) in [4.78, 5) is 14.5. The molecule has 7 nitrogen and oxygen atoms in total. The lowest BCUT2D eigenvalue weighted by atomic mass is 10.3. The zero-order chi connectivity index (χ0) is 19.9. The van der Waals surface area contributed by atoms with Gasteiger partial charge in [-0.15, -0.1) is 0 Å². The third-order valence-corrected chi connectivity index (χ3v) is 5.10. The first-order valence-electron chi connectivity index (χ1n) is 9.10. The summed E-state index contributed by atoms with van der Waals surface area (Å²) in [6, 6.07) is 0. The fraction of sp³-hybridized carbons (Fsp3) is 0.812. The molecule has 0 amide bonds. The van der Waals surface area contributed by atoms with Crippen LogP contribution in [0.2, 0.25) is 0 Å². The van der Waals surface area contributed by atoms with E-state index in [1.807, 2.05) is 6.92 Å². The molecule has 0 atom stereocenters. The second-order valence-electron chi connectivity index (χ2n) is 6.50. The van der Waals surface area contributed by atoms with Crippen LogP contribution in [0.3, 0.4) is 0 Å². The second-order valence-corrected chi connectivity index (χ2v) is 7.23. The third kappa shape index (κ3) is 7.13. The standard InChI is InChI=1S/C16H28F3N7S/c1-4-13-22-15(27-23-13)26-10-8-25(9-11-26)14(20-2)21-6-5-7-24(3)12-16(17,18)19/h4-12H2,1-3H3,(H,20,21). The Bertz CT molecular complexity index is 597. The number of aryl methyl sites for hydroxylation is 1. The van der Waals surface area contributed by atoms with E-state index in [0.29, 0.717) is 19.5 Å². The first-order valence-corrected chi connectivity index (χ1v) is 9.88. The lowest BCUT2D eigenvalue weighted by Crippen LogP contribution is -2.52. The predicted octanol–water partition coefficient (Wildman–Crippen LogP) is 1.68. The number of piperazine rings is 1. The Morgan fingerprint density at radius 2 is 2.00 bits per heavy atom. The van der Waals surface area contributed by atoms with Crippen molar-refractivity contribution >= 4 is 22.6 Å². The van der Waals surface area contributed by atoms with Gasteiger partial charge in [-0.3, -0.25) is 9.89 Å². The molecule has 0 unspecified atom stereocenters. The van der Waals surface area contributed by atoms with Crippen LogP contribution >= 0.6 is 11.5 Å². The van der Waals surface area contributed by atoms with Crippen LogP contribution in [0.4, 0.5) is 18.3 Å². The molecule has 0 bridgehead atoms. The summed E-state index contributed by atoms with van der Waals surface area (Å²) in [5.74, 6) is 1.67. The molecule has 1 fully saturated rings. The summed E-state index contributed by atoms with van der Waals surface area (Å²) in [7, 11) is 3.21. The van der Waals surface area contributed by atoms with Gasteiger partial charge in [-0.2, -0.15) is 17.5 Å². The first kappa shape index (κ1) is 21.7. The topological polar surface area (TPSA) is 59.9 Å². The number of aliphatic imine (C=N–C) groups is 1. The van der Waals surface area contributed by atoms with Gasteiger partial charge in [0.2, 0.25) is 5.13 Å². The van der Waals surface area contributed by atoms with Crippen LogP contribution in [0, 0.1) is 0 Å². The molecule has 1 saturated heterocycles. The molecular formula is C16H28F3N7S. The Morgan fingerprint density at radius 1 is 1.30 bits per heavy atom. The average molecular weight is 408 g/mol. The van der Waals surface area contributed by atoms with Crippen molar-refractivity contribution in [1.82, 2.24) is 24.5 Å². The van der Waals surface area contributed by atoms with Crippen LogP contribution in [0.15, 0.2) is 4.99 Å². The Kier molecular flexibility index (Phi) is 8.08. The number of rotatable bonds is 7. The molecule has 0 radical (unpaired) electrons. The van der Waals surface area contributed by atoms with Gasteiger partial charge in [0.05, 0.1) is 6.54 Å². The van der Waals surface area contributed by atoms with E-state index in [-0.39, 0.29) is 0 Å². The molecule has 0 saturated carbocycles. The van der Waals surface area contributed by atoms with Crippen LogP contribution in [0.5, 0.6) is 0 Å². The normalized spacial score (nSPS) is 16.3. The highest BCUT2D eigenvalue weighted by Crippen LogP contribution is 2.19. The molecule has 0 aliphatic carbocycles. The van der Waals surface area contributed by atoms with Crippen molar-refractivity contribution < 1.29 is 13.2 Å². The van der Waals surface area contributed by atoms with Crippen LogP contribution in [0.1, 0.15) is 19.2 Å². The maximum Gasteiger partial charge on any atom is 0.401 e. The van der Waals surface area contributed by atoms with Gasteiger partial charge < -0.3 is 15.1 Å². The second kappa shape index (κ2) is 10.1. The van der Waals surface area contributed by atoms with Gasteiger partial charge in [-0.1, -0.05) is 6.92 Å². The average Bonchev–Trinajstić information content (AvgIpc) is 3.10. The van der Waals surface area contributed by atoms with Crippen molar-refractivity contribution in [2.75, 3.05) is 64.8 Å². The zero-order valence-corrected chi connectivity index (χ0v) is 16.9. The minimum atomic E-state index is -4.15. The monoisotopic (exact) mass is 407 g/mol. The number of halogens is 3. The van der Waals surface area contributed by atoms with Gasteiger partial charge in [-0.05, 0) is 20.0 Å². The molecule has 2 rings (SSSR count). The fourth-order valence-corrected chi connectivity index (χ4v) is 3.69. The van der Waals surface area contributed by atoms with Crippen LogP contribution < -0.4 is 10.2 Å². The SMILES string of the molecule is CCc1nsc(N2CCN(C(=NC)NCCCN(C)CC(F)(F)F)CC2)n1. The van der Waals surface area contributed by atoms with Gasteiger partial charge in [0.1, 0.15) is 5.82 Å². The molecular weight excluding hydrogens is 379 g/mol. The molecule has 0 aromatic carbocycles. The number of alkyl halides is 3. The van der Waals surface area contributed by atoms with Crippen molar-refractivity contribution in [3.8, 4) is 0 Å². The summed E-state index contributed by atoms with van der Waals surface area (Å²) >= 11 is 1.44. The molecule has 1 aromatic rings. The Balaban J connectivity index is 1.71. The van der Waals surface area contributed by atoms with Crippen molar-refractivity contribution in [2.45, 2.75) is 25.9 Å². The summed E-state index contributed by atoms with van der Waals surface area (Å²) in [5.41, 5.74) is 0. The van der Waals surface area contributed by atoms with E-state index < -0.39 is 12.7 Å². The highest BCUT2D eigenvalue weighted by molar-refractivity contribution is 7.09. The number of nitrogens with zero attached hydrogens (tertiary/aromatic N) is 6. The smallest absolute Gasteiger partial charge is 0.356 e. The number of hydrogen-bond acceptors (Lipinski definition) is 6. The van der Waals surface area contributed by atoms with E-state index in [9.17, 15) is 13.2 Å². The molecule has 1 aliphatic rings. The van der Waals surface area contributed by atoms with Crippen LogP contribution in [0.25, 0.3) is 0 Å². The molecule has 1 N–H and O–H groups in total. The Labute approximate surface area is 162 Å². The van der Waals surface area contributed by atoms with Gasteiger partial charge in [0, 0.05) is 57.7 Å². The third-order valence-electron chi connectivity index (χ3n) is 4.28. The predicted molar refractivity (Wildman–Crippen MR) is 103 cm³/mol. The van der Waals surface area contributed by atoms with Gasteiger partial charge >= 0.3 is 6.18 Å². The Morgan fingerprint density at radius 3 is 2.56 bits per heavy atom. The van der Waals surface area contributed by atoms with E-state index in [1.54, 1.807) is 7.05 Å². The number of nitrogens with one attached hydrogen (secondary N) is 1. The molecule has 11 heteroatoms. The minimum Gasteiger partial charge on any atom is -0.356 e. The number of aromatic nitrogens is 2. The van der Waals surface area contributed by atoms with Crippen molar-refractivity contribution in [3.05, 3.63) is 5.82 Å². The fourth-order valence-electron chi connectivity index (χ4n) is 2.89. The Hall–Kier alpha value is -1.62. The van der Waals surface area contributed by atoms with E-state index in [1.165, 1.54) is 23.5 Å². The lowest BCUT2D eigenvalue weighted by Gasteiger charge is -2.36. The largest absolute Gasteiger partial charge is 0.401 e. The minimum absolute atomic E-state index is 0.383. The molecule has 2 heterocycles. The number of anilines is 1. The van der Waals surface area contributed by atoms with Crippen molar-refractivity contribution in [2.24, 2.45) is 4.99 Å². The summed E-state index contributed by atoms with van der Waals surface area (Å²) < 4.78 is 41.3. The van der Waals surface area contributed by atoms with Gasteiger partial charge in [0.15, 0.2) is 5.96 Å². The summed E-state index contributed by atoms with van der Waals surface area (Å²) in [6.07, 6.45) is -2.69. The zero-order valence-electron chi connectivity index (χ0n) is 16.1. The quantitative estimate of drug-likeness (QED) is 0.422. The van der Waals surface area contributed by atoms with E-state index in [4.69, 9.17) is 0 Å². The summed E-state index contributed by atoms with van der Waals surface area (Å²) in [5, 5.41) is 4.21. The van der Waals surface area contributed by atoms with Gasteiger partial charge in [-0.25, -0.2) is 4.98 Å². The highest BCUT2D eigenvalue weighted by atomic mass is 32.1. The molecule has 0 spiro atoms. The number of hydrogen-bond donors (Lipinski definition) is 1. The van der Waals surface area contributed by atoms with Gasteiger partial charge in [0.25, 0.3) is 0 Å². The van der Waals surface area contributed by atoms with Crippen molar-refractivity contribution in [1.29, 1.82) is 0 Å². The highest BCUT2D eigenvalue weighted by Gasteiger charge is 2.28. The maximum absolute atomic E-state index is 12.3. The molecule has 27 heavy (non-hydrogen) atoms. The van der Waals surface area contributed by atoms with Crippen LogP contribution in [-0.2, 0) is 6.42 Å². The lowest BCUT2D eigenvalue weighted by molar-refractivity contribution is -0.143. The summed E-state index contributed by atoms with van der Waals surface area (Å²) in [6.45, 7) is 5.44. The van der Waals surface area contributed by atoms with Crippen LogP contribution in [-0.4, -0.2) is 91.2 Å². The first-order chi connectivity index (χ1) is 12.8. The maximum atomic E-state index is 12.3. The van der Waals surface area contributed by atoms with Crippen molar-refractivity contribution in [3.63, 3.8) is 0 Å². The van der Waals surface area contributed by atoms with E-state index in [2.05, 4.69) is 29.5 Å². The molecule has 1 aliphatic heterocycles. The number of guanidine groups is 1. The molecule has 1 aromatic heterocycles. The van der Waals surface area contributed by atoms with E-state index in [0.717, 1.165) is 49.5 Å².